The molecule has 21 heavy (non-hydrogen) atoms. The van der Waals surface area contributed by atoms with Crippen LogP contribution in [0.4, 0.5) is 4.39 Å². The summed E-state index contributed by atoms with van der Waals surface area (Å²) in [7, 11) is -7.80. The summed E-state index contributed by atoms with van der Waals surface area (Å²) in [5.74, 6) is -0.951. The molecule has 0 aromatic heterocycles. The van der Waals surface area contributed by atoms with Crippen LogP contribution in [0.2, 0.25) is 0 Å². The topological polar surface area (TPSA) is 71.5 Å². The molecule has 0 heterocycles. The molecule has 1 aromatic carbocycles. The van der Waals surface area contributed by atoms with Crippen LogP contribution in [0.3, 0.4) is 0 Å². The van der Waals surface area contributed by atoms with E-state index < -0.39 is 36.6 Å². The van der Waals surface area contributed by atoms with Gasteiger partial charge in [0.25, 0.3) is 0 Å². The van der Waals surface area contributed by atoms with Crippen molar-refractivity contribution in [1.82, 2.24) is 4.31 Å². The summed E-state index contributed by atoms with van der Waals surface area (Å²) in [5, 5.41) is 0. The molecule has 0 spiro atoms. The predicted molar refractivity (Wildman–Crippen MR) is 79.3 cm³/mol. The molecule has 0 aliphatic heterocycles. The zero-order chi connectivity index (χ0) is 16.4. The fraction of sp³-hybridized carbons (Fsp3) is 0.500. The van der Waals surface area contributed by atoms with E-state index in [1.165, 1.54) is 0 Å². The average Bonchev–Trinajstić information content (AvgIpc) is 2.34. The number of alkyl halides is 1. The summed E-state index contributed by atoms with van der Waals surface area (Å²) in [6.45, 7) is 3.26. The summed E-state index contributed by atoms with van der Waals surface area (Å²) in [4.78, 5) is -0.915. The van der Waals surface area contributed by atoms with Crippen molar-refractivity contribution < 1.29 is 21.2 Å². The molecular weight excluding hydrogens is 341 g/mol. The van der Waals surface area contributed by atoms with E-state index in [0.29, 0.717) is 0 Å². The highest BCUT2D eigenvalue weighted by atomic mass is 35.5. The Morgan fingerprint density at radius 2 is 1.81 bits per heavy atom. The van der Waals surface area contributed by atoms with Gasteiger partial charge in [-0.2, -0.15) is 4.31 Å². The van der Waals surface area contributed by atoms with Crippen molar-refractivity contribution in [1.29, 1.82) is 0 Å². The molecular formula is C12H17ClFNO4S2. The Morgan fingerprint density at radius 1 is 1.24 bits per heavy atom. The number of nitrogens with zero attached hydrogens (tertiary/aromatic N) is 1. The van der Waals surface area contributed by atoms with E-state index >= 15 is 0 Å². The molecule has 0 radical (unpaired) electrons. The number of halogens is 2. The summed E-state index contributed by atoms with van der Waals surface area (Å²) in [6, 6.07) is 2.27. The van der Waals surface area contributed by atoms with Gasteiger partial charge in [0.1, 0.15) is 10.7 Å². The second-order valence-corrected chi connectivity index (χ2v) is 9.02. The molecule has 0 N–H and O–H groups in total. The second kappa shape index (κ2) is 6.60. The first-order valence-corrected chi connectivity index (χ1v) is 9.96. The third-order valence-electron chi connectivity index (χ3n) is 2.80. The van der Waals surface area contributed by atoms with Gasteiger partial charge in [0, 0.05) is 24.7 Å². The van der Waals surface area contributed by atoms with Crippen molar-refractivity contribution in [3.63, 3.8) is 0 Å². The number of hydrogen-bond donors (Lipinski definition) is 0. The normalized spacial score (nSPS) is 13.1. The zero-order valence-electron chi connectivity index (χ0n) is 11.9. The van der Waals surface area contributed by atoms with Crippen LogP contribution < -0.4 is 0 Å². The van der Waals surface area contributed by atoms with Crippen LogP contribution in [0.1, 0.15) is 13.8 Å². The molecule has 120 valence electrons. The quantitative estimate of drug-likeness (QED) is 0.575. The maximum absolute atomic E-state index is 13.9. The van der Waals surface area contributed by atoms with Crippen molar-refractivity contribution in [2.45, 2.75) is 29.7 Å². The molecule has 0 aliphatic carbocycles. The molecule has 0 fully saturated rings. The minimum atomic E-state index is -4.17. The minimum absolute atomic E-state index is 0.00407. The Balaban J connectivity index is 3.50. The van der Waals surface area contributed by atoms with E-state index in [9.17, 15) is 21.2 Å². The minimum Gasteiger partial charge on any atom is -0.224 e. The van der Waals surface area contributed by atoms with Crippen molar-refractivity contribution in [3.05, 3.63) is 24.0 Å². The van der Waals surface area contributed by atoms with E-state index in [1.54, 1.807) is 13.8 Å². The first-order valence-electron chi connectivity index (χ1n) is 6.09. The molecule has 0 saturated carbocycles. The SMILES string of the molecule is CC(C)N(CCCl)S(=O)(=O)c1cc(S(C)(=O)=O)ccc1F. The lowest BCUT2D eigenvalue weighted by atomic mass is 10.3. The van der Waals surface area contributed by atoms with Gasteiger partial charge in [-0.1, -0.05) is 0 Å². The Labute approximate surface area is 129 Å². The van der Waals surface area contributed by atoms with Gasteiger partial charge in [0.2, 0.25) is 10.0 Å². The van der Waals surface area contributed by atoms with Crippen LogP contribution in [0.5, 0.6) is 0 Å². The van der Waals surface area contributed by atoms with Crippen molar-refractivity contribution in [2.24, 2.45) is 0 Å². The van der Waals surface area contributed by atoms with Crippen molar-refractivity contribution in [2.75, 3.05) is 18.7 Å². The lowest BCUT2D eigenvalue weighted by molar-refractivity contribution is 0.368. The highest BCUT2D eigenvalue weighted by molar-refractivity contribution is 7.91. The number of benzene rings is 1. The number of rotatable bonds is 6. The van der Waals surface area contributed by atoms with Crippen LogP contribution in [-0.2, 0) is 19.9 Å². The van der Waals surface area contributed by atoms with Gasteiger partial charge in [0.05, 0.1) is 4.90 Å². The number of sulfone groups is 1. The van der Waals surface area contributed by atoms with Gasteiger partial charge in [-0.3, -0.25) is 0 Å². The van der Waals surface area contributed by atoms with Gasteiger partial charge in [0.15, 0.2) is 9.84 Å². The van der Waals surface area contributed by atoms with Gasteiger partial charge in [-0.15, -0.1) is 11.6 Å². The molecule has 5 nitrogen and oxygen atoms in total. The molecule has 9 heteroatoms. The second-order valence-electron chi connectivity index (χ2n) is 4.76. The maximum Gasteiger partial charge on any atom is 0.246 e. The van der Waals surface area contributed by atoms with Crippen LogP contribution >= 0.6 is 11.6 Å². The summed E-state index contributed by atoms with van der Waals surface area (Å²) < 4.78 is 62.9. The molecule has 0 atom stereocenters. The largest absolute Gasteiger partial charge is 0.246 e. The molecule has 0 aliphatic rings. The summed E-state index contributed by atoms with van der Waals surface area (Å²) in [5.41, 5.74) is 0. The van der Waals surface area contributed by atoms with E-state index in [1.807, 2.05) is 0 Å². The lowest BCUT2D eigenvalue weighted by Gasteiger charge is -2.25. The fourth-order valence-electron chi connectivity index (χ4n) is 1.78. The molecule has 0 amide bonds. The van der Waals surface area contributed by atoms with E-state index in [4.69, 9.17) is 11.6 Å². The number of hydrogen-bond acceptors (Lipinski definition) is 4. The van der Waals surface area contributed by atoms with Crippen molar-refractivity contribution in [3.8, 4) is 0 Å². The Kier molecular flexibility index (Phi) is 5.76. The average molecular weight is 358 g/mol. The Morgan fingerprint density at radius 3 is 2.24 bits per heavy atom. The standard InChI is InChI=1S/C12H17ClFNO4S2/c1-9(2)15(7-6-13)21(18,19)12-8-10(20(3,16)17)4-5-11(12)14/h4-5,8-9H,6-7H2,1-3H3. The first-order chi connectivity index (χ1) is 9.51. The van der Waals surface area contributed by atoms with Gasteiger partial charge in [-0.05, 0) is 32.0 Å². The third-order valence-corrected chi connectivity index (χ3v) is 6.17. The smallest absolute Gasteiger partial charge is 0.224 e. The molecule has 0 saturated heterocycles. The lowest BCUT2D eigenvalue weighted by Crippen LogP contribution is -2.38. The van der Waals surface area contributed by atoms with Gasteiger partial charge < -0.3 is 0 Å². The Bertz CT molecular complexity index is 717. The molecule has 1 rings (SSSR count). The molecule has 1 aromatic rings. The maximum atomic E-state index is 13.9. The van der Waals surface area contributed by atoms with E-state index in [2.05, 4.69) is 0 Å². The van der Waals surface area contributed by atoms with Gasteiger partial charge in [-0.25, -0.2) is 21.2 Å². The molecule has 0 bridgehead atoms. The van der Waals surface area contributed by atoms with Gasteiger partial charge >= 0.3 is 0 Å². The van der Waals surface area contributed by atoms with Crippen LogP contribution in [-0.4, -0.2) is 45.9 Å². The van der Waals surface area contributed by atoms with Crippen LogP contribution in [0, 0.1) is 5.82 Å². The number of sulfonamides is 1. The predicted octanol–water partition coefficient (Wildman–Crippen LogP) is 1.87. The van der Waals surface area contributed by atoms with Crippen LogP contribution in [0.25, 0.3) is 0 Å². The zero-order valence-corrected chi connectivity index (χ0v) is 14.3. The first kappa shape index (κ1) is 18.3. The monoisotopic (exact) mass is 357 g/mol. The Hall–Kier alpha value is -0.700. The van der Waals surface area contributed by atoms with E-state index in [0.717, 1.165) is 28.8 Å². The van der Waals surface area contributed by atoms with E-state index in [-0.39, 0.29) is 17.3 Å². The van der Waals surface area contributed by atoms with Crippen molar-refractivity contribution >= 4 is 31.5 Å². The summed E-state index contributed by atoms with van der Waals surface area (Å²) >= 11 is 5.58. The third kappa shape index (κ3) is 4.15. The highest BCUT2D eigenvalue weighted by Gasteiger charge is 2.30. The summed E-state index contributed by atoms with van der Waals surface area (Å²) in [6.07, 6.45) is 0.926. The van der Waals surface area contributed by atoms with Crippen LogP contribution in [0.15, 0.2) is 28.0 Å². The highest BCUT2D eigenvalue weighted by Crippen LogP contribution is 2.24. The fourth-order valence-corrected chi connectivity index (χ4v) is 4.51. The molecule has 0 unspecified atom stereocenters.